The SMILES string of the molecule is O[C@@H](Cc1noc(CCl)n1)c1ccc(Cl)s1. The van der Waals surface area contributed by atoms with Crippen LogP contribution in [0.15, 0.2) is 16.7 Å². The van der Waals surface area contributed by atoms with E-state index < -0.39 is 6.10 Å². The molecule has 1 N–H and O–H groups in total. The molecule has 0 amide bonds. The summed E-state index contributed by atoms with van der Waals surface area (Å²) in [5, 5.41) is 13.6. The van der Waals surface area contributed by atoms with Crippen molar-refractivity contribution in [1.82, 2.24) is 10.1 Å². The van der Waals surface area contributed by atoms with E-state index in [-0.39, 0.29) is 12.3 Å². The molecular formula is C9H8Cl2N2O2S. The Morgan fingerprint density at radius 1 is 1.50 bits per heavy atom. The number of aliphatic hydroxyl groups is 1. The van der Waals surface area contributed by atoms with E-state index in [0.717, 1.165) is 4.88 Å². The van der Waals surface area contributed by atoms with E-state index in [2.05, 4.69) is 10.1 Å². The third-order valence-corrected chi connectivity index (χ3v) is 3.48. The number of hydrogen-bond donors (Lipinski definition) is 1. The van der Waals surface area contributed by atoms with Gasteiger partial charge in [-0.25, -0.2) is 0 Å². The number of thiophene rings is 1. The fraction of sp³-hybridized carbons (Fsp3) is 0.333. The van der Waals surface area contributed by atoms with Crippen LogP contribution in [0.3, 0.4) is 0 Å². The molecule has 1 atom stereocenters. The van der Waals surface area contributed by atoms with Crippen molar-refractivity contribution < 1.29 is 9.63 Å². The summed E-state index contributed by atoms with van der Waals surface area (Å²) in [5.41, 5.74) is 0. The van der Waals surface area contributed by atoms with Crippen LogP contribution in [0.25, 0.3) is 0 Å². The molecule has 2 aromatic heterocycles. The minimum Gasteiger partial charge on any atom is -0.387 e. The Hall–Kier alpha value is -0.620. The summed E-state index contributed by atoms with van der Waals surface area (Å²) >= 11 is 12.6. The predicted molar refractivity (Wildman–Crippen MR) is 61.8 cm³/mol. The van der Waals surface area contributed by atoms with Gasteiger partial charge in [0.15, 0.2) is 5.82 Å². The van der Waals surface area contributed by atoms with Crippen LogP contribution in [0.2, 0.25) is 4.34 Å². The van der Waals surface area contributed by atoms with Gasteiger partial charge < -0.3 is 9.63 Å². The van der Waals surface area contributed by atoms with E-state index >= 15 is 0 Å². The Balaban J connectivity index is 2.04. The van der Waals surface area contributed by atoms with Gasteiger partial charge in [-0.15, -0.1) is 22.9 Å². The molecule has 7 heteroatoms. The van der Waals surface area contributed by atoms with Gasteiger partial charge in [-0.2, -0.15) is 4.98 Å². The van der Waals surface area contributed by atoms with Crippen molar-refractivity contribution in [2.24, 2.45) is 0 Å². The number of rotatable bonds is 4. The number of halogens is 2. The van der Waals surface area contributed by atoms with E-state index in [4.69, 9.17) is 27.7 Å². The highest BCUT2D eigenvalue weighted by Gasteiger charge is 2.15. The normalized spacial score (nSPS) is 12.9. The third kappa shape index (κ3) is 2.74. The number of aliphatic hydroxyl groups excluding tert-OH is 1. The maximum atomic E-state index is 9.87. The molecule has 0 aliphatic rings. The van der Waals surface area contributed by atoms with Crippen molar-refractivity contribution in [3.8, 4) is 0 Å². The summed E-state index contributed by atoms with van der Waals surface area (Å²) in [6, 6.07) is 3.52. The molecule has 0 saturated heterocycles. The van der Waals surface area contributed by atoms with Crippen LogP contribution in [0.5, 0.6) is 0 Å². The molecule has 0 aliphatic carbocycles. The van der Waals surface area contributed by atoms with Crippen LogP contribution in [0.1, 0.15) is 22.7 Å². The first-order chi connectivity index (χ1) is 7.69. The molecule has 0 aromatic carbocycles. The smallest absolute Gasteiger partial charge is 0.241 e. The molecule has 2 heterocycles. The Kier molecular flexibility index (Phi) is 3.81. The van der Waals surface area contributed by atoms with Gasteiger partial charge in [0.1, 0.15) is 5.88 Å². The maximum absolute atomic E-state index is 9.87. The second-order valence-electron chi connectivity index (χ2n) is 3.10. The first-order valence-corrected chi connectivity index (χ1v) is 6.22. The molecule has 86 valence electrons. The summed E-state index contributed by atoms with van der Waals surface area (Å²) in [7, 11) is 0. The zero-order valence-electron chi connectivity index (χ0n) is 8.06. The first kappa shape index (κ1) is 11.9. The molecule has 0 saturated carbocycles. The van der Waals surface area contributed by atoms with Gasteiger partial charge in [0.2, 0.25) is 5.89 Å². The maximum Gasteiger partial charge on any atom is 0.241 e. The van der Waals surface area contributed by atoms with Gasteiger partial charge >= 0.3 is 0 Å². The molecule has 2 rings (SSSR count). The van der Waals surface area contributed by atoms with Crippen molar-refractivity contribution in [2.75, 3.05) is 0 Å². The van der Waals surface area contributed by atoms with Crippen molar-refractivity contribution in [3.05, 3.63) is 33.1 Å². The van der Waals surface area contributed by atoms with E-state index in [0.29, 0.717) is 16.1 Å². The van der Waals surface area contributed by atoms with Crippen LogP contribution in [0.4, 0.5) is 0 Å². The van der Waals surface area contributed by atoms with Crippen LogP contribution in [-0.4, -0.2) is 15.2 Å². The Labute approximate surface area is 106 Å². The molecule has 0 aliphatic heterocycles. The number of aromatic nitrogens is 2. The highest BCUT2D eigenvalue weighted by Crippen LogP contribution is 2.28. The molecule has 0 spiro atoms. The average molecular weight is 279 g/mol. The largest absolute Gasteiger partial charge is 0.387 e. The average Bonchev–Trinajstić information content (AvgIpc) is 2.87. The van der Waals surface area contributed by atoms with Crippen LogP contribution >= 0.6 is 34.5 Å². The quantitative estimate of drug-likeness (QED) is 0.874. The van der Waals surface area contributed by atoms with Gasteiger partial charge in [-0.05, 0) is 12.1 Å². The Bertz CT molecular complexity index is 472. The highest BCUT2D eigenvalue weighted by atomic mass is 35.5. The molecular weight excluding hydrogens is 271 g/mol. The van der Waals surface area contributed by atoms with Gasteiger partial charge in [-0.1, -0.05) is 16.8 Å². The van der Waals surface area contributed by atoms with Crippen LogP contribution < -0.4 is 0 Å². The summed E-state index contributed by atoms with van der Waals surface area (Å²) in [6.07, 6.45) is -0.379. The molecule has 0 fully saturated rings. The van der Waals surface area contributed by atoms with Gasteiger partial charge in [-0.3, -0.25) is 0 Å². The second kappa shape index (κ2) is 5.14. The lowest BCUT2D eigenvalue weighted by Gasteiger charge is -2.03. The number of hydrogen-bond acceptors (Lipinski definition) is 5. The minimum atomic E-state index is -0.668. The minimum absolute atomic E-state index is 0.175. The molecule has 0 unspecified atom stereocenters. The molecule has 16 heavy (non-hydrogen) atoms. The summed E-state index contributed by atoms with van der Waals surface area (Å²) < 4.78 is 5.47. The lowest BCUT2D eigenvalue weighted by Crippen LogP contribution is -2.01. The second-order valence-corrected chi connectivity index (χ2v) is 5.11. The first-order valence-electron chi connectivity index (χ1n) is 4.49. The van der Waals surface area contributed by atoms with E-state index in [1.54, 1.807) is 12.1 Å². The van der Waals surface area contributed by atoms with E-state index in [1.807, 2.05) is 0 Å². The summed E-state index contributed by atoms with van der Waals surface area (Å²) in [6.45, 7) is 0. The zero-order chi connectivity index (χ0) is 11.5. The lowest BCUT2D eigenvalue weighted by molar-refractivity contribution is 0.178. The van der Waals surface area contributed by atoms with E-state index in [9.17, 15) is 5.11 Å². The fourth-order valence-electron chi connectivity index (χ4n) is 1.21. The highest BCUT2D eigenvalue weighted by molar-refractivity contribution is 7.16. The molecule has 0 radical (unpaired) electrons. The van der Waals surface area contributed by atoms with Crippen molar-refractivity contribution in [1.29, 1.82) is 0 Å². The summed E-state index contributed by atoms with van der Waals surface area (Å²) in [4.78, 5) is 4.78. The number of nitrogens with zero attached hydrogens (tertiary/aromatic N) is 2. The Morgan fingerprint density at radius 3 is 2.88 bits per heavy atom. The lowest BCUT2D eigenvalue weighted by atomic mass is 10.2. The van der Waals surface area contributed by atoms with Crippen LogP contribution in [0, 0.1) is 0 Å². The topological polar surface area (TPSA) is 59.2 Å². The number of alkyl halides is 1. The van der Waals surface area contributed by atoms with E-state index in [1.165, 1.54) is 11.3 Å². The standard InChI is InChI=1S/C9H8Cl2N2O2S/c10-4-9-12-8(13-15-9)3-5(14)6-1-2-7(11)16-6/h1-2,5,14H,3-4H2/t5-/m0/s1. The third-order valence-electron chi connectivity index (χ3n) is 1.92. The van der Waals surface area contributed by atoms with Crippen molar-refractivity contribution in [2.45, 2.75) is 18.4 Å². The summed E-state index contributed by atoms with van der Waals surface area (Å²) in [5.74, 6) is 0.967. The van der Waals surface area contributed by atoms with Gasteiger partial charge in [0.25, 0.3) is 0 Å². The molecule has 2 aromatic rings. The monoisotopic (exact) mass is 278 g/mol. The van der Waals surface area contributed by atoms with Gasteiger partial charge in [0.05, 0.1) is 10.4 Å². The predicted octanol–water partition coefficient (Wildman–Crippen LogP) is 2.80. The Morgan fingerprint density at radius 2 is 2.31 bits per heavy atom. The molecule has 4 nitrogen and oxygen atoms in total. The fourth-order valence-corrected chi connectivity index (χ4v) is 2.36. The van der Waals surface area contributed by atoms with Crippen molar-refractivity contribution in [3.63, 3.8) is 0 Å². The molecule has 0 bridgehead atoms. The zero-order valence-corrected chi connectivity index (χ0v) is 10.4. The van der Waals surface area contributed by atoms with Crippen molar-refractivity contribution >= 4 is 34.5 Å². The van der Waals surface area contributed by atoms with Crippen LogP contribution in [-0.2, 0) is 12.3 Å². The van der Waals surface area contributed by atoms with Gasteiger partial charge in [0, 0.05) is 11.3 Å².